The summed E-state index contributed by atoms with van der Waals surface area (Å²) in [5.41, 5.74) is 5.56. The molecule has 1 atom stereocenters. The van der Waals surface area contributed by atoms with Crippen LogP contribution in [0.4, 0.5) is 4.39 Å². The largest absolute Gasteiger partial charge is 0.459 e. The van der Waals surface area contributed by atoms with E-state index in [1.54, 1.807) is 0 Å². The van der Waals surface area contributed by atoms with Gasteiger partial charge in [0, 0.05) is 16.2 Å². The number of nitrogens with zero attached hydrogens (tertiary/aromatic N) is 1. The maximum atomic E-state index is 14.6. The molecule has 7 nitrogen and oxygen atoms in total. The molecule has 0 aliphatic carbocycles. The van der Waals surface area contributed by atoms with E-state index < -0.39 is 23.7 Å². The summed E-state index contributed by atoms with van der Waals surface area (Å²) < 4.78 is 29.8. The van der Waals surface area contributed by atoms with Crippen LogP contribution in [-0.2, 0) is 23.8 Å². The van der Waals surface area contributed by atoms with Gasteiger partial charge >= 0.3 is 11.9 Å². The molecule has 0 bridgehead atoms. The normalized spacial score (nSPS) is 16.0. The third-order valence-electron chi connectivity index (χ3n) is 4.01. The van der Waals surface area contributed by atoms with Crippen LogP contribution in [0.5, 0.6) is 0 Å². The minimum atomic E-state index is -1.21. The van der Waals surface area contributed by atoms with Gasteiger partial charge in [-0.3, -0.25) is 0 Å². The maximum absolute atomic E-state index is 14.6. The number of carbonyl (C=O) groups is 2. The average Bonchev–Trinajstić information content (AvgIpc) is 2.64. The molecule has 0 fully saturated rings. The van der Waals surface area contributed by atoms with E-state index in [1.165, 1.54) is 26.0 Å². The molecule has 1 aliphatic heterocycles. The topological polar surface area (TPSA) is 112 Å². The highest BCUT2D eigenvalue weighted by atomic mass is 35.5. The first-order valence-corrected chi connectivity index (χ1v) is 8.78. The highest BCUT2D eigenvalue weighted by Crippen LogP contribution is 2.43. The van der Waals surface area contributed by atoms with E-state index in [0.717, 1.165) is 6.07 Å². The fourth-order valence-corrected chi connectivity index (χ4v) is 2.96. The van der Waals surface area contributed by atoms with Gasteiger partial charge in [-0.25, -0.2) is 14.0 Å². The van der Waals surface area contributed by atoms with Crippen LogP contribution in [0.15, 0.2) is 53.1 Å². The molecule has 0 aromatic heterocycles. The Morgan fingerprint density at radius 3 is 2.62 bits per heavy atom. The van der Waals surface area contributed by atoms with Crippen molar-refractivity contribution in [1.82, 2.24) is 0 Å². The summed E-state index contributed by atoms with van der Waals surface area (Å²) >= 11 is 6.15. The fraction of sp³-hybridized carbons (Fsp3) is 0.250. The molecule has 1 unspecified atom stereocenters. The summed E-state index contributed by atoms with van der Waals surface area (Å²) in [7, 11) is 0. The van der Waals surface area contributed by atoms with Gasteiger partial charge in [-0.1, -0.05) is 24.2 Å². The second kappa shape index (κ2) is 9.26. The maximum Gasteiger partial charge on any atom is 0.338 e. The molecule has 1 aromatic carbocycles. The van der Waals surface area contributed by atoms with E-state index in [1.807, 2.05) is 6.07 Å². The van der Waals surface area contributed by atoms with Gasteiger partial charge in [-0.2, -0.15) is 5.26 Å². The van der Waals surface area contributed by atoms with Crippen molar-refractivity contribution in [3.05, 3.63) is 69.5 Å². The van der Waals surface area contributed by atoms with Crippen molar-refractivity contribution in [3.63, 3.8) is 0 Å². The molecule has 1 heterocycles. The van der Waals surface area contributed by atoms with Crippen LogP contribution in [-0.4, -0.2) is 25.2 Å². The van der Waals surface area contributed by atoms with Gasteiger partial charge < -0.3 is 19.9 Å². The third kappa shape index (κ3) is 4.76. The smallest absolute Gasteiger partial charge is 0.338 e. The first-order valence-electron chi connectivity index (χ1n) is 8.41. The molecule has 1 aliphatic rings. The Bertz CT molecular complexity index is 957. The lowest BCUT2D eigenvalue weighted by Gasteiger charge is -2.27. The molecule has 152 valence electrons. The standard InChI is InChI=1S/C20H18ClFN2O5/c1-10(2)19(25)27-7-8-28-20(26)15-11(3)29-18(24)12(9-23)16(15)17-13(21)5-4-6-14(17)22/h4-6,16H,1,7-8,24H2,2-3H3. The number of hydrogen-bond acceptors (Lipinski definition) is 7. The third-order valence-corrected chi connectivity index (χ3v) is 4.34. The summed E-state index contributed by atoms with van der Waals surface area (Å²) in [6, 6.07) is 5.81. The van der Waals surface area contributed by atoms with Crippen LogP contribution in [0.1, 0.15) is 25.3 Å². The van der Waals surface area contributed by atoms with Gasteiger partial charge in [0.25, 0.3) is 0 Å². The Labute approximate surface area is 171 Å². The predicted octanol–water partition coefficient (Wildman–Crippen LogP) is 3.22. The van der Waals surface area contributed by atoms with Gasteiger partial charge in [0.15, 0.2) is 0 Å². The van der Waals surface area contributed by atoms with Gasteiger partial charge in [0.2, 0.25) is 5.88 Å². The van der Waals surface area contributed by atoms with Gasteiger partial charge in [0.05, 0.1) is 11.5 Å². The summed E-state index contributed by atoms with van der Waals surface area (Å²) in [6.07, 6.45) is 0. The second-order valence-electron chi connectivity index (χ2n) is 6.08. The van der Waals surface area contributed by atoms with E-state index >= 15 is 0 Å². The van der Waals surface area contributed by atoms with Crippen molar-refractivity contribution in [1.29, 1.82) is 5.26 Å². The molecule has 0 spiro atoms. The number of benzene rings is 1. The number of rotatable bonds is 6. The lowest BCUT2D eigenvalue weighted by Crippen LogP contribution is -2.27. The molecule has 29 heavy (non-hydrogen) atoms. The van der Waals surface area contributed by atoms with E-state index in [4.69, 9.17) is 31.5 Å². The molecule has 2 rings (SSSR count). The molecule has 9 heteroatoms. The van der Waals surface area contributed by atoms with E-state index in [2.05, 4.69) is 6.58 Å². The van der Waals surface area contributed by atoms with Crippen LogP contribution in [0, 0.1) is 17.1 Å². The number of hydrogen-bond donors (Lipinski definition) is 1. The van der Waals surface area contributed by atoms with Crippen molar-refractivity contribution in [2.75, 3.05) is 13.2 Å². The lowest BCUT2D eigenvalue weighted by atomic mass is 9.82. The minimum absolute atomic E-state index is 0.00550. The number of nitriles is 1. The summed E-state index contributed by atoms with van der Waals surface area (Å²) in [6.45, 7) is 5.86. The molecule has 1 aromatic rings. The molecule has 2 N–H and O–H groups in total. The van der Waals surface area contributed by atoms with Crippen LogP contribution < -0.4 is 5.73 Å². The number of ether oxygens (including phenoxy) is 3. The monoisotopic (exact) mass is 420 g/mol. The average molecular weight is 421 g/mol. The van der Waals surface area contributed by atoms with Crippen molar-refractivity contribution in [2.45, 2.75) is 19.8 Å². The summed E-state index contributed by atoms with van der Waals surface area (Å²) in [5.74, 6) is -3.68. The zero-order valence-corrected chi connectivity index (χ0v) is 16.5. The fourth-order valence-electron chi connectivity index (χ4n) is 2.69. The second-order valence-corrected chi connectivity index (χ2v) is 6.49. The first kappa shape index (κ1) is 22.0. The van der Waals surface area contributed by atoms with Crippen molar-refractivity contribution in [3.8, 4) is 6.07 Å². The Morgan fingerprint density at radius 2 is 2.03 bits per heavy atom. The molecular formula is C20H18ClFN2O5. The molecular weight excluding hydrogens is 403 g/mol. The first-order chi connectivity index (χ1) is 13.7. The zero-order valence-electron chi connectivity index (χ0n) is 15.8. The SMILES string of the molecule is C=C(C)C(=O)OCCOC(=O)C1=C(C)OC(N)=C(C#N)C1c1c(F)cccc1Cl. The lowest BCUT2D eigenvalue weighted by molar-refractivity contribution is -0.147. The molecule has 0 radical (unpaired) electrons. The zero-order chi connectivity index (χ0) is 21.7. The van der Waals surface area contributed by atoms with Crippen LogP contribution in [0.25, 0.3) is 0 Å². The number of nitrogens with two attached hydrogens (primary N) is 1. The van der Waals surface area contributed by atoms with E-state index in [-0.39, 0.29) is 52.2 Å². The number of allylic oxidation sites excluding steroid dienone is 2. The highest BCUT2D eigenvalue weighted by molar-refractivity contribution is 6.31. The summed E-state index contributed by atoms with van der Waals surface area (Å²) in [5, 5.41) is 9.52. The van der Waals surface area contributed by atoms with Crippen molar-refractivity contribution < 1.29 is 28.2 Å². The number of esters is 2. The van der Waals surface area contributed by atoms with Crippen LogP contribution in [0.3, 0.4) is 0 Å². The van der Waals surface area contributed by atoms with E-state index in [9.17, 15) is 19.2 Å². The Kier molecular flexibility index (Phi) is 7.02. The molecule has 0 amide bonds. The minimum Gasteiger partial charge on any atom is -0.459 e. The Balaban J connectivity index is 2.34. The van der Waals surface area contributed by atoms with Gasteiger partial charge in [-0.15, -0.1) is 0 Å². The van der Waals surface area contributed by atoms with E-state index in [0.29, 0.717) is 0 Å². The quantitative estimate of drug-likeness (QED) is 0.427. The predicted molar refractivity (Wildman–Crippen MR) is 101 cm³/mol. The van der Waals surface area contributed by atoms with Crippen molar-refractivity contribution in [2.24, 2.45) is 5.73 Å². The Hall–Kier alpha value is -3.31. The number of halogens is 2. The molecule has 0 saturated heterocycles. The number of carbonyl (C=O) groups excluding carboxylic acids is 2. The van der Waals surface area contributed by atoms with Gasteiger partial charge in [-0.05, 0) is 26.0 Å². The van der Waals surface area contributed by atoms with Crippen molar-refractivity contribution >= 4 is 23.5 Å². The highest BCUT2D eigenvalue weighted by Gasteiger charge is 2.38. The van der Waals surface area contributed by atoms with Gasteiger partial charge in [0.1, 0.15) is 36.4 Å². The summed E-state index contributed by atoms with van der Waals surface area (Å²) in [4.78, 5) is 24.1. The van der Waals surface area contributed by atoms with Crippen LogP contribution in [0.2, 0.25) is 5.02 Å². The van der Waals surface area contributed by atoms with Crippen LogP contribution >= 0.6 is 11.6 Å². The molecule has 0 saturated carbocycles. The Morgan fingerprint density at radius 1 is 1.38 bits per heavy atom.